The third-order valence-electron chi connectivity index (χ3n) is 5.57. The first-order chi connectivity index (χ1) is 17.0. The van der Waals surface area contributed by atoms with E-state index >= 15 is 0 Å². The van der Waals surface area contributed by atoms with Crippen molar-refractivity contribution < 1.29 is 24.2 Å². The number of hydrogen-bond acceptors (Lipinski definition) is 5. The van der Waals surface area contributed by atoms with Gasteiger partial charge in [0.1, 0.15) is 17.7 Å². The number of aryl methyl sites for hydroxylation is 1. The molecule has 3 rings (SSSR count). The minimum Gasteiger partial charge on any atom is -0.444 e. The number of amides is 3. The highest BCUT2D eigenvalue weighted by Gasteiger charge is 2.34. The van der Waals surface area contributed by atoms with Gasteiger partial charge in [0.15, 0.2) is 0 Å². The molecule has 0 heterocycles. The summed E-state index contributed by atoms with van der Waals surface area (Å²) in [5, 5.41) is 17.1. The number of ether oxygens (including phenoxy) is 1. The van der Waals surface area contributed by atoms with Gasteiger partial charge >= 0.3 is 6.09 Å². The van der Waals surface area contributed by atoms with Crippen molar-refractivity contribution in [2.75, 3.05) is 19.0 Å². The van der Waals surface area contributed by atoms with Crippen LogP contribution in [0.2, 0.25) is 0 Å². The second kappa shape index (κ2) is 11.2. The van der Waals surface area contributed by atoms with Crippen molar-refractivity contribution in [3.05, 3.63) is 77.9 Å². The molecule has 36 heavy (non-hydrogen) atoms. The molecule has 0 bridgehead atoms. The topological polar surface area (TPSA) is 108 Å². The Bertz CT molecular complexity index is 1230. The highest BCUT2D eigenvalue weighted by Crippen LogP contribution is 2.25. The normalized spacial score (nSPS) is 12.9. The number of anilines is 1. The van der Waals surface area contributed by atoms with E-state index in [1.807, 2.05) is 55.5 Å². The van der Waals surface area contributed by atoms with Crippen molar-refractivity contribution in [2.24, 2.45) is 0 Å². The summed E-state index contributed by atoms with van der Waals surface area (Å²) in [7, 11) is 1.46. The zero-order chi connectivity index (χ0) is 26.5. The number of carbonyl (C=O) groups is 3. The number of hydrogen-bond donors (Lipinski definition) is 3. The fourth-order valence-electron chi connectivity index (χ4n) is 3.79. The monoisotopic (exact) mass is 491 g/mol. The molecule has 0 saturated carbocycles. The third-order valence-corrected chi connectivity index (χ3v) is 5.57. The number of fused-ring (bicyclic) bond motifs is 1. The quantitative estimate of drug-likeness (QED) is 0.460. The Labute approximate surface area is 211 Å². The molecule has 0 fully saturated rings. The van der Waals surface area contributed by atoms with E-state index in [0.717, 1.165) is 16.3 Å². The molecule has 3 aromatic carbocycles. The molecule has 3 amide bonds. The van der Waals surface area contributed by atoms with Gasteiger partial charge < -0.3 is 25.4 Å². The maximum Gasteiger partial charge on any atom is 0.408 e. The standard InChI is InChI=1S/C28H33N3O5/c1-18-10-12-20(13-11-18)24(25(33)29-22-15-14-19-8-6-7-9-21(19)16-22)31(5)26(34)23(17-32)30-27(35)36-28(2,3)4/h6-16,23-24,32H,17H2,1-5H3,(H,29,33)(H,30,35). The molecule has 190 valence electrons. The van der Waals surface area contributed by atoms with Gasteiger partial charge in [-0.05, 0) is 56.2 Å². The van der Waals surface area contributed by atoms with Gasteiger partial charge in [0.25, 0.3) is 5.91 Å². The molecule has 0 aromatic heterocycles. The zero-order valence-corrected chi connectivity index (χ0v) is 21.2. The summed E-state index contributed by atoms with van der Waals surface area (Å²) in [6.45, 7) is 6.35. The highest BCUT2D eigenvalue weighted by molar-refractivity contribution is 6.00. The molecule has 0 aliphatic carbocycles. The van der Waals surface area contributed by atoms with Crippen LogP contribution >= 0.6 is 0 Å². The van der Waals surface area contributed by atoms with Crippen LogP contribution in [0.4, 0.5) is 10.5 Å². The number of benzene rings is 3. The van der Waals surface area contributed by atoms with Gasteiger partial charge in [-0.25, -0.2) is 4.79 Å². The molecule has 2 unspecified atom stereocenters. The number of likely N-dealkylation sites (N-methyl/N-ethyl adjacent to an activating group) is 1. The van der Waals surface area contributed by atoms with Crippen molar-refractivity contribution in [2.45, 2.75) is 45.4 Å². The van der Waals surface area contributed by atoms with Gasteiger partial charge in [0.2, 0.25) is 5.91 Å². The average Bonchev–Trinajstić information content (AvgIpc) is 2.82. The maximum atomic E-state index is 13.5. The number of nitrogens with zero attached hydrogens (tertiary/aromatic N) is 1. The minimum atomic E-state index is -1.29. The van der Waals surface area contributed by atoms with Gasteiger partial charge in [-0.3, -0.25) is 9.59 Å². The maximum absolute atomic E-state index is 13.5. The minimum absolute atomic E-state index is 0.432. The van der Waals surface area contributed by atoms with Crippen molar-refractivity contribution in [3.8, 4) is 0 Å². The van der Waals surface area contributed by atoms with E-state index in [2.05, 4.69) is 10.6 Å². The van der Waals surface area contributed by atoms with Crippen molar-refractivity contribution >= 4 is 34.4 Å². The van der Waals surface area contributed by atoms with Crippen LogP contribution in [0.1, 0.15) is 37.9 Å². The highest BCUT2D eigenvalue weighted by atomic mass is 16.6. The number of alkyl carbamates (subject to hydrolysis) is 1. The number of aliphatic hydroxyl groups excluding tert-OH is 1. The van der Waals surface area contributed by atoms with Crippen LogP contribution < -0.4 is 10.6 Å². The largest absolute Gasteiger partial charge is 0.444 e. The summed E-state index contributed by atoms with van der Waals surface area (Å²) in [5.74, 6) is -1.07. The first-order valence-corrected chi connectivity index (χ1v) is 11.7. The van der Waals surface area contributed by atoms with Gasteiger partial charge in [-0.1, -0.05) is 60.2 Å². The fourth-order valence-corrected chi connectivity index (χ4v) is 3.79. The van der Waals surface area contributed by atoms with E-state index in [1.165, 1.54) is 11.9 Å². The number of nitrogens with one attached hydrogen (secondary N) is 2. The lowest BCUT2D eigenvalue weighted by atomic mass is 10.0. The van der Waals surface area contributed by atoms with Crippen LogP contribution in [0.15, 0.2) is 66.7 Å². The van der Waals surface area contributed by atoms with E-state index in [1.54, 1.807) is 39.0 Å². The van der Waals surface area contributed by atoms with Gasteiger partial charge in [-0.2, -0.15) is 0 Å². The average molecular weight is 492 g/mol. The number of aliphatic hydroxyl groups is 1. The molecule has 3 aromatic rings. The van der Waals surface area contributed by atoms with E-state index < -0.39 is 42.2 Å². The lowest BCUT2D eigenvalue weighted by Crippen LogP contribution is -2.52. The van der Waals surface area contributed by atoms with Crippen LogP contribution in [-0.4, -0.2) is 53.2 Å². The van der Waals surface area contributed by atoms with Gasteiger partial charge in [0, 0.05) is 12.7 Å². The summed E-state index contributed by atoms with van der Waals surface area (Å²) in [6.07, 6.45) is -0.837. The van der Waals surface area contributed by atoms with Crippen molar-refractivity contribution in [1.29, 1.82) is 0 Å². The van der Waals surface area contributed by atoms with E-state index in [4.69, 9.17) is 4.74 Å². The second-order valence-electron chi connectivity index (χ2n) is 9.69. The summed E-state index contributed by atoms with van der Waals surface area (Å²) in [6, 6.07) is 18.3. The van der Waals surface area contributed by atoms with E-state index in [9.17, 15) is 19.5 Å². The summed E-state index contributed by atoms with van der Waals surface area (Å²) < 4.78 is 5.21. The molecule has 3 N–H and O–H groups in total. The summed E-state index contributed by atoms with van der Waals surface area (Å²) in [5.41, 5.74) is 1.40. The summed E-state index contributed by atoms with van der Waals surface area (Å²) >= 11 is 0. The molecular weight excluding hydrogens is 458 g/mol. The molecule has 0 radical (unpaired) electrons. The van der Waals surface area contributed by atoms with Crippen LogP contribution in [0, 0.1) is 6.92 Å². The predicted molar refractivity (Wildman–Crippen MR) is 140 cm³/mol. The number of rotatable bonds is 7. The Morgan fingerprint density at radius 3 is 2.22 bits per heavy atom. The van der Waals surface area contributed by atoms with Gasteiger partial charge in [0.05, 0.1) is 6.61 Å². The van der Waals surface area contributed by atoms with Crippen LogP contribution in [-0.2, 0) is 14.3 Å². The Morgan fingerprint density at radius 1 is 0.972 bits per heavy atom. The Morgan fingerprint density at radius 2 is 1.61 bits per heavy atom. The Kier molecular flexibility index (Phi) is 8.32. The van der Waals surface area contributed by atoms with Gasteiger partial charge in [-0.15, -0.1) is 0 Å². The van der Waals surface area contributed by atoms with Crippen molar-refractivity contribution in [1.82, 2.24) is 10.2 Å². The smallest absolute Gasteiger partial charge is 0.408 e. The van der Waals surface area contributed by atoms with Crippen LogP contribution in [0.3, 0.4) is 0 Å². The third kappa shape index (κ3) is 6.82. The van der Waals surface area contributed by atoms with Crippen LogP contribution in [0.5, 0.6) is 0 Å². The SMILES string of the molecule is Cc1ccc(C(C(=O)Nc2ccc3ccccc3c2)N(C)C(=O)C(CO)NC(=O)OC(C)(C)C)cc1. The zero-order valence-electron chi connectivity index (χ0n) is 21.2. The van der Waals surface area contributed by atoms with Crippen molar-refractivity contribution in [3.63, 3.8) is 0 Å². The molecule has 8 nitrogen and oxygen atoms in total. The van der Waals surface area contributed by atoms with E-state index in [0.29, 0.717) is 11.3 Å². The Hall–Kier alpha value is -3.91. The summed E-state index contributed by atoms with van der Waals surface area (Å²) in [4.78, 5) is 40.3. The second-order valence-corrected chi connectivity index (χ2v) is 9.69. The number of carbonyl (C=O) groups excluding carboxylic acids is 3. The molecule has 0 aliphatic rings. The molecule has 2 atom stereocenters. The Balaban J connectivity index is 1.87. The first-order valence-electron chi connectivity index (χ1n) is 11.7. The van der Waals surface area contributed by atoms with Crippen LogP contribution in [0.25, 0.3) is 10.8 Å². The molecule has 0 saturated heterocycles. The first kappa shape index (κ1) is 26.7. The molecule has 0 aliphatic heterocycles. The fraction of sp³-hybridized carbons (Fsp3) is 0.321. The molecular formula is C28H33N3O5. The predicted octanol–water partition coefficient (Wildman–Crippen LogP) is 4.17. The lowest BCUT2D eigenvalue weighted by molar-refractivity contribution is -0.139. The molecule has 8 heteroatoms. The lowest BCUT2D eigenvalue weighted by Gasteiger charge is -2.31. The van der Waals surface area contributed by atoms with E-state index in [-0.39, 0.29) is 0 Å². The molecule has 0 spiro atoms.